The zero-order valence-corrected chi connectivity index (χ0v) is 15.3. The van der Waals surface area contributed by atoms with Gasteiger partial charge in [-0.05, 0) is 51.4 Å². The molecule has 2 aliphatic carbocycles. The van der Waals surface area contributed by atoms with Crippen molar-refractivity contribution in [1.29, 1.82) is 0 Å². The summed E-state index contributed by atoms with van der Waals surface area (Å²) in [5, 5.41) is 16.3. The highest BCUT2D eigenvalue weighted by Gasteiger charge is 2.24. The Labute approximate surface area is 153 Å². The highest BCUT2D eigenvalue weighted by Crippen LogP contribution is 2.25. The number of rotatable bonds is 6. The van der Waals surface area contributed by atoms with Gasteiger partial charge in [0.25, 0.3) is 5.91 Å². The van der Waals surface area contributed by atoms with Gasteiger partial charge < -0.3 is 26.2 Å². The lowest BCUT2D eigenvalue weighted by atomic mass is 9.93. The first-order valence-corrected chi connectivity index (χ1v) is 9.46. The van der Waals surface area contributed by atoms with Gasteiger partial charge in [-0.3, -0.25) is 4.79 Å². The summed E-state index contributed by atoms with van der Waals surface area (Å²) in [6.07, 6.45) is 8.82. The Morgan fingerprint density at radius 2 is 1.73 bits per heavy atom. The van der Waals surface area contributed by atoms with E-state index in [1.165, 1.54) is 6.20 Å². The van der Waals surface area contributed by atoms with Gasteiger partial charge in [0.1, 0.15) is 5.82 Å². The highest BCUT2D eigenvalue weighted by atomic mass is 16.5. The van der Waals surface area contributed by atoms with Crippen molar-refractivity contribution in [2.45, 2.75) is 75.7 Å². The Morgan fingerprint density at radius 1 is 1.12 bits per heavy atom. The van der Waals surface area contributed by atoms with Crippen molar-refractivity contribution < 1.29 is 14.6 Å². The molecule has 0 bridgehead atoms. The summed E-state index contributed by atoms with van der Waals surface area (Å²) in [4.78, 5) is 20.5. The number of aromatic nitrogens is 2. The average molecular weight is 363 g/mol. The van der Waals surface area contributed by atoms with Crippen LogP contribution in [0.5, 0.6) is 0 Å². The number of carbonyl (C=O) groups excluding carboxylic acids is 1. The first kappa shape index (κ1) is 18.8. The molecule has 0 aromatic carbocycles. The second-order valence-corrected chi connectivity index (χ2v) is 7.32. The molecule has 0 atom stereocenters. The third-order valence-corrected chi connectivity index (χ3v) is 5.43. The van der Waals surface area contributed by atoms with E-state index in [2.05, 4.69) is 20.6 Å². The Bertz CT molecular complexity index is 611. The molecule has 1 aromatic rings. The smallest absolute Gasteiger partial charge is 0.254 e. The van der Waals surface area contributed by atoms with Gasteiger partial charge in [0.15, 0.2) is 0 Å². The first-order valence-electron chi connectivity index (χ1n) is 9.46. The van der Waals surface area contributed by atoms with Gasteiger partial charge in [-0.15, -0.1) is 0 Å². The van der Waals surface area contributed by atoms with Crippen molar-refractivity contribution >= 4 is 17.7 Å². The summed E-state index contributed by atoms with van der Waals surface area (Å²) in [7, 11) is 1.76. The molecule has 3 rings (SSSR count). The van der Waals surface area contributed by atoms with E-state index in [4.69, 9.17) is 10.5 Å². The van der Waals surface area contributed by atoms with E-state index < -0.39 is 5.91 Å². The lowest BCUT2D eigenvalue weighted by molar-refractivity contribution is 0.0681. The molecule has 5 N–H and O–H groups in total. The Balaban J connectivity index is 1.67. The van der Waals surface area contributed by atoms with E-state index in [0.717, 1.165) is 51.4 Å². The fraction of sp³-hybridized carbons (Fsp3) is 0.722. The number of aliphatic hydroxyl groups is 1. The van der Waals surface area contributed by atoms with Crippen LogP contribution in [0.1, 0.15) is 61.7 Å². The van der Waals surface area contributed by atoms with Gasteiger partial charge in [-0.1, -0.05) is 0 Å². The molecule has 8 heteroatoms. The molecule has 0 spiro atoms. The minimum absolute atomic E-state index is 0.177. The fourth-order valence-corrected chi connectivity index (χ4v) is 3.78. The van der Waals surface area contributed by atoms with Gasteiger partial charge in [0.05, 0.1) is 17.8 Å². The van der Waals surface area contributed by atoms with Crippen LogP contribution in [0.25, 0.3) is 0 Å². The number of amides is 1. The summed E-state index contributed by atoms with van der Waals surface area (Å²) in [6.45, 7) is 0. The zero-order valence-electron chi connectivity index (χ0n) is 15.3. The van der Waals surface area contributed by atoms with Gasteiger partial charge in [0.2, 0.25) is 5.95 Å². The predicted octanol–water partition coefficient (Wildman–Crippen LogP) is 1.66. The number of hydrogen-bond donors (Lipinski definition) is 4. The maximum Gasteiger partial charge on any atom is 0.254 e. The summed E-state index contributed by atoms with van der Waals surface area (Å²) in [5.41, 5.74) is 5.77. The van der Waals surface area contributed by atoms with Crippen LogP contribution in [0.4, 0.5) is 11.8 Å². The molecule has 0 unspecified atom stereocenters. The molecular formula is C18H29N5O3. The molecule has 0 aliphatic heterocycles. The number of nitrogens with one attached hydrogen (secondary N) is 2. The predicted molar refractivity (Wildman–Crippen MR) is 99.1 cm³/mol. The van der Waals surface area contributed by atoms with Crippen LogP contribution >= 0.6 is 0 Å². The van der Waals surface area contributed by atoms with Gasteiger partial charge in [-0.25, -0.2) is 4.98 Å². The minimum atomic E-state index is -0.546. The van der Waals surface area contributed by atoms with Gasteiger partial charge >= 0.3 is 0 Å². The molecule has 0 radical (unpaired) electrons. The topological polar surface area (TPSA) is 122 Å². The summed E-state index contributed by atoms with van der Waals surface area (Å²) in [5.74, 6) is 0.437. The molecule has 0 saturated heterocycles. The number of primary amides is 1. The largest absolute Gasteiger partial charge is 0.393 e. The number of anilines is 2. The standard InChI is InChI=1S/C18H29N5O3/c1-26-14-8-4-12(5-9-14)22-18-20-10-15(16(19)25)17(23-18)21-11-2-6-13(24)7-3-11/h10-14,24H,2-9H2,1H3,(H2,19,25)(H2,20,21,22,23). The maximum atomic E-state index is 11.7. The lowest BCUT2D eigenvalue weighted by Gasteiger charge is -2.29. The van der Waals surface area contributed by atoms with Crippen LogP contribution in [-0.2, 0) is 4.74 Å². The SMILES string of the molecule is COC1CCC(Nc2ncc(C(N)=O)c(NC3CCC(O)CC3)n2)CC1. The molecule has 2 aliphatic rings. The third-order valence-electron chi connectivity index (χ3n) is 5.43. The van der Waals surface area contributed by atoms with Gasteiger partial charge in [-0.2, -0.15) is 4.98 Å². The molecule has 2 fully saturated rings. The van der Waals surface area contributed by atoms with Crippen LogP contribution < -0.4 is 16.4 Å². The van der Waals surface area contributed by atoms with E-state index in [0.29, 0.717) is 29.5 Å². The van der Waals surface area contributed by atoms with Crippen molar-refractivity contribution in [2.24, 2.45) is 5.73 Å². The number of ether oxygens (including phenoxy) is 1. The molecule has 26 heavy (non-hydrogen) atoms. The summed E-state index contributed by atoms with van der Waals surface area (Å²) in [6, 6.07) is 0.481. The normalized spacial score (nSPS) is 29.2. The second-order valence-electron chi connectivity index (χ2n) is 7.32. The number of nitrogens with zero attached hydrogens (tertiary/aromatic N) is 2. The molecular weight excluding hydrogens is 334 g/mol. The van der Waals surface area contributed by atoms with E-state index in [1.807, 2.05) is 0 Å². The van der Waals surface area contributed by atoms with Crippen LogP contribution in [-0.4, -0.2) is 52.4 Å². The Kier molecular flexibility index (Phi) is 6.26. The average Bonchev–Trinajstić information content (AvgIpc) is 2.64. The highest BCUT2D eigenvalue weighted by molar-refractivity contribution is 5.97. The molecule has 1 heterocycles. The van der Waals surface area contributed by atoms with Crippen molar-refractivity contribution in [3.63, 3.8) is 0 Å². The fourth-order valence-electron chi connectivity index (χ4n) is 3.78. The van der Waals surface area contributed by atoms with Crippen molar-refractivity contribution in [3.8, 4) is 0 Å². The zero-order chi connectivity index (χ0) is 18.5. The van der Waals surface area contributed by atoms with E-state index in [1.54, 1.807) is 7.11 Å². The Morgan fingerprint density at radius 3 is 2.35 bits per heavy atom. The Hall–Kier alpha value is -1.93. The van der Waals surface area contributed by atoms with Crippen LogP contribution in [0.2, 0.25) is 0 Å². The van der Waals surface area contributed by atoms with Crippen molar-refractivity contribution in [3.05, 3.63) is 11.8 Å². The van der Waals surface area contributed by atoms with Crippen LogP contribution in [0.15, 0.2) is 6.20 Å². The molecule has 144 valence electrons. The number of carbonyl (C=O) groups is 1. The molecule has 1 aromatic heterocycles. The number of aliphatic hydroxyl groups excluding tert-OH is 1. The number of nitrogens with two attached hydrogens (primary N) is 1. The lowest BCUT2D eigenvalue weighted by Crippen LogP contribution is -2.31. The van der Waals surface area contributed by atoms with E-state index >= 15 is 0 Å². The monoisotopic (exact) mass is 363 g/mol. The van der Waals surface area contributed by atoms with Crippen molar-refractivity contribution in [1.82, 2.24) is 9.97 Å². The third kappa shape index (κ3) is 4.82. The molecule has 2 saturated carbocycles. The number of methoxy groups -OCH3 is 1. The number of hydrogen-bond acceptors (Lipinski definition) is 7. The van der Waals surface area contributed by atoms with Crippen LogP contribution in [0, 0.1) is 0 Å². The van der Waals surface area contributed by atoms with Gasteiger partial charge in [0, 0.05) is 25.4 Å². The van der Waals surface area contributed by atoms with Crippen molar-refractivity contribution in [2.75, 3.05) is 17.7 Å². The maximum absolute atomic E-state index is 11.7. The first-order chi connectivity index (χ1) is 12.5. The minimum Gasteiger partial charge on any atom is -0.393 e. The van der Waals surface area contributed by atoms with Crippen LogP contribution in [0.3, 0.4) is 0 Å². The van der Waals surface area contributed by atoms with E-state index in [-0.39, 0.29) is 12.1 Å². The summed E-state index contributed by atoms with van der Waals surface area (Å²) < 4.78 is 5.40. The molecule has 1 amide bonds. The quantitative estimate of drug-likeness (QED) is 0.606. The second kappa shape index (κ2) is 8.64. The summed E-state index contributed by atoms with van der Waals surface area (Å²) >= 11 is 0. The molecule has 8 nitrogen and oxygen atoms in total. The van der Waals surface area contributed by atoms with E-state index in [9.17, 15) is 9.90 Å².